The third-order valence-corrected chi connectivity index (χ3v) is 11.7. The number of benzene rings is 3. The highest BCUT2D eigenvalue weighted by atomic mass is 16.5. The number of pyridine rings is 1. The molecule has 2 saturated carbocycles. The molecule has 5 nitrogen and oxygen atoms in total. The molecule has 8 rings (SSSR count). The first-order chi connectivity index (χ1) is 23.4. The zero-order valence-electron chi connectivity index (χ0n) is 32.1. The molecule has 0 spiro atoms. The van der Waals surface area contributed by atoms with Gasteiger partial charge in [-0.1, -0.05) is 73.6 Å². The molecule has 244 valence electrons. The molecule has 0 radical (unpaired) electrons. The van der Waals surface area contributed by atoms with Crippen LogP contribution in [0, 0.1) is 17.3 Å². The summed E-state index contributed by atoms with van der Waals surface area (Å²) in [7, 11) is 0. The number of aromatic nitrogens is 2. The smallest absolute Gasteiger partial charge is 0.137 e. The molecule has 2 unspecified atom stereocenters. The van der Waals surface area contributed by atoms with Crippen LogP contribution in [0.15, 0.2) is 79.0 Å². The van der Waals surface area contributed by atoms with Crippen molar-refractivity contribution in [3.8, 4) is 17.3 Å². The second-order valence-corrected chi connectivity index (χ2v) is 16.9. The fraction of sp³-hybridized carbons (Fsp3) is 0.452. The molecule has 5 aromatic rings. The van der Waals surface area contributed by atoms with Crippen molar-refractivity contribution in [2.75, 3.05) is 18.5 Å². The van der Waals surface area contributed by atoms with Crippen molar-refractivity contribution in [3.63, 3.8) is 0 Å². The Morgan fingerprint density at radius 2 is 1.49 bits per heavy atom. The normalized spacial score (nSPS) is 25.3. The van der Waals surface area contributed by atoms with Gasteiger partial charge in [-0.05, 0) is 101 Å². The third-order valence-electron chi connectivity index (χ3n) is 11.7. The van der Waals surface area contributed by atoms with Gasteiger partial charge in [-0.3, -0.25) is 9.47 Å². The lowest BCUT2D eigenvalue weighted by atomic mass is 9.81. The van der Waals surface area contributed by atoms with E-state index in [9.17, 15) is 0 Å². The van der Waals surface area contributed by atoms with E-state index in [1.54, 1.807) is 0 Å². The second-order valence-electron chi connectivity index (χ2n) is 16.9. The summed E-state index contributed by atoms with van der Waals surface area (Å²) in [5.41, 5.74) is 5.53. The molecular formula is C42H50N4O. The summed E-state index contributed by atoms with van der Waals surface area (Å²) >= 11 is 0. The number of fused-ring (bicyclic) bond motifs is 8. The fourth-order valence-corrected chi connectivity index (χ4v) is 9.13. The highest BCUT2D eigenvalue weighted by Gasteiger charge is 2.64. The van der Waals surface area contributed by atoms with Crippen LogP contribution in [-0.4, -0.2) is 40.2 Å². The van der Waals surface area contributed by atoms with Gasteiger partial charge in [0.15, 0.2) is 0 Å². The molecule has 47 heavy (non-hydrogen) atoms. The average molecular weight is 630 g/mol. The maximum absolute atomic E-state index is 8.50. The van der Waals surface area contributed by atoms with E-state index in [4.69, 9.17) is 13.8 Å². The Hall–Kier alpha value is -3.83. The van der Waals surface area contributed by atoms with Gasteiger partial charge in [-0.15, -0.1) is 0 Å². The summed E-state index contributed by atoms with van der Waals surface area (Å²) in [6.45, 7) is 16.3. The monoisotopic (exact) mass is 629 g/mol. The highest BCUT2D eigenvalue weighted by molar-refractivity contribution is 6.09. The first kappa shape index (κ1) is 27.2. The molecule has 3 aromatic carbocycles. The molecule has 3 aliphatic rings. The van der Waals surface area contributed by atoms with Crippen LogP contribution in [0.5, 0.6) is 11.5 Å². The Balaban J connectivity index is 1.23. The molecule has 3 fully saturated rings. The lowest BCUT2D eigenvalue weighted by Gasteiger charge is -2.34. The van der Waals surface area contributed by atoms with Crippen LogP contribution >= 0.6 is 0 Å². The lowest BCUT2D eigenvalue weighted by molar-refractivity contribution is 0.179. The summed E-state index contributed by atoms with van der Waals surface area (Å²) < 4.78 is 34.6. The van der Waals surface area contributed by atoms with E-state index in [-0.39, 0.29) is 28.3 Å². The lowest BCUT2D eigenvalue weighted by Crippen LogP contribution is -2.41. The number of rotatable bonds is 4. The van der Waals surface area contributed by atoms with Gasteiger partial charge >= 0.3 is 0 Å². The zero-order valence-corrected chi connectivity index (χ0v) is 29.1. The number of nitrogens with zero attached hydrogens (tertiary/aromatic N) is 4. The Bertz CT molecular complexity index is 2120. The van der Waals surface area contributed by atoms with Crippen molar-refractivity contribution in [2.24, 2.45) is 17.3 Å². The Kier molecular flexibility index (Phi) is 5.97. The van der Waals surface area contributed by atoms with Gasteiger partial charge in [0.25, 0.3) is 0 Å². The minimum Gasteiger partial charge on any atom is -0.457 e. The number of likely N-dealkylation sites (N-methyl/N-ethyl adjacent to an activating group) is 1. The van der Waals surface area contributed by atoms with Crippen molar-refractivity contribution in [1.29, 1.82) is 0 Å². The van der Waals surface area contributed by atoms with Gasteiger partial charge in [0.05, 0.1) is 17.7 Å². The van der Waals surface area contributed by atoms with Crippen LogP contribution in [0.25, 0.3) is 27.6 Å². The predicted octanol–water partition coefficient (Wildman–Crippen LogP) is 10.1. The quantitative estimate of drug-likeness (QED) is 0.198. The van der Waals surface area contributed by atoms with Crippen LogP contribution in [0.2, 0.25) is 0 Å². The summed E-state index contributed by atoms with van der Waals surface area (Å²) in [6.07, 6.45) is 4.16. The molecule has 1 aliphatic heterocycles. The van der Waals surface area contributed by atoms with Crippen LogP contribution in [0.3, 0.4) is 0 Å². The number of ether oxygens (including phenoxy) is 1. The number of anilines is 1. The number of hydrogen-bond acceptors (Lipinski definition) is 4. The van der Waals surface area contributed by atoms with E-state index in [0.717, 1.165) is 57.8 Å². The van der Waals surface area contributed by atoms with Gasteiger partial charge in [-0.25, -0.2) is 4.98 Å². The van der Waals surface area contributed by atoms with Gasteiger partial charge < -0.3 is 9.64 Å². The van der Waals surface area contributed by atoms with E-state index in [1.165, 1.54) is 10.9 Å². The first-order valence-corrected chi connectivity index (χ1v) is 17.3. The molecule has 2 aromatic heterocycles. The Morgan fingerprint density at radius 3 is 2.23 bits per heavy atom. The molecule has 4 atom stereocenters. The molecular weight excluding hydrogens is 576 g/mol. The van der Waals surface area contributed by atoms with E-state index in [2.05, 4.69) is 138 Å². The SMILES string of the molecule is [2H]C([2H])([2H])N1CN(c2cc(Oc3ccc4c5ccccc5n(-c5cc(C(C)(C)C)ccn5)c4c3)cc(C(C)(C)C)c2)[C@@H]2C1C1CC[C@@H]2C1(C)C. The van der Waals surface area contributed by atoms with Crippen molar-refractivity contribution in [1.82, 2.24) is 14.5 Å². The van der Waals surface area contributed by atoms with Crippen molar-refractivity contribution >= 4 is 27.5 Å². The molecule has 0 amide bonds. The molecule has 5 heteroatoms. The molecule has 2 bridgehead atoms. The van der Waals surface area contributed by atoms with Crippen LogP contribution in [0.4, 0.5) is 5.69 Å². The van der Waals surface area contributed by atoms with Crippen molar-refractivity contribution in [2.45, 2.75) is 91.1 Å². The largest absolute Gasteiger partial charge is 0.457 e. The minimum atomic E-state index is -2.14. The predicted molar refractivity (Wildman–Crippen MR) is 195 cm³/mol. The van der Waals surface area contributed by atoms with Gasteiger partial charge in [0, 0.05) is 51.0 Å². The zero-order chi connectivity index (χ0) is 35.5. The van der Waals surface area contributed by atoms with E-state index in [0.29, 0.717) is 18.5 Å². The molecule has 0 N–H and O–H groups in total. The van der Waals surface area contributed by atoms with Crippen LogP contribution < -0.4 is 9.64 Å². The molecule has 1 saturated heterocycles. The van der Waals surface area contributed by atoms with Crippen molar-refractivity contribution < 1.29 is 8.85 Å². The van der Waals surface area contributed by atoms with Gasteiger partial charge in [-0.2, -0.15) is 0 Å². The first-order valence-electron chi connectivity index (χ1n) is 18.8. The average Bonchev–Trinajstić information content (AvgIpc) is 3.74. The third kappa shape index (κ3) is 4.79. The van der Waals surface area contributed by atoms with Gasteiger partial charge in [0.2, 0.25) is 0 Å². The van der Waals surface area contributed by atoms with E-state index >= 15 is 0 Å². The standard InChI is InChI=1S/C42H50N4O/c1-40(2,3)26-18-19-43-37(22-26)46-35-13-11-10-12-31(35)32-15-14-29(24-36(32)46)47-30-21-27(41(4,5)6)20-28(23-30)45-25-44(9)38-33-16-17-34(39(38)45)42(33,7)8/h10-15,18-24,33-34,38-39H,16-17,25H2,1-9H3/t33?,34-,38?,39-/m0/s1/i9D3. The van der Waals surface area contributed by atoms with Crippen molar-refractivity contribution in [3.05, 3.63) is 90.1 Å². The Morgan fingerprint density at radius 1 is 0.766 bits per heavy atom. The summed E-state index contributed by atoms with van der Waals surface area (Å²) in [5.74, 6) is 3.21. The fourth-order valence-electron chi connectivity index (χ4n) is 9.13. The number of hydrogen-bond donors (Lipinski definition) is 0. The Labute approximate surface area is 284 Å². The highest BCUT2D eigenvalue weighted by Crippen LogP contribution is 2.62. The van der Waals surface area contributed by atoms with E-state index in [1.807, 2.05) is 11.1 Å². The van der Waals surface area contributed by atoms with Crippen LogP contribution in [0.1, 0.15) is 83.5 Å². The summed E-state index contributed by atoms with van der Waals surface area (Å²) in [6, 6.07) is 25.9. The minimum absolute atomic E-state index is 0.00975. The number of para-hydroxylation sites is 1. The maximum Gasteiger partial charge on any atom is 0.137 e. The molecule has 2 aliphatic carbocycles. The van der Waals surface area contributed by atoms with Gasteiger partial charge in [0.1, 0.15) is 17.3 Å². The summed E-state index contributed by atoms with van der Waals surface area (Å²) in [4.78, 5) is 9.05. The van der Waals surface area contributed by atoms with Crippen LogP contribution in [-0.2, 0) is 10.8 Å². The second kappa shape index (κ2) is 10.3. The maximum atomic E-state index is 8.50. The summed E-state index contributed by atoms with van der Waals surface area (Å²) in [5, 5.41) is 2.32. The molecule has 3 heterocycles. The topological polar surface area (TPSA) is 33.5 Å². The van der Waals surface area contributed by atoms with E-state index < -0.39 is 6.98 Å².